The van der Waals surface area contributed by atoms with E-state index < -0.39 is 57.5 Å². The first-order chi connectivity index (χ1) is 20.6. The molecule has 3 aliphatic rings. The third-order valence-corrected chi connectivity index (χ3v) is 10.2. The van der Waals surface area contributed by atoms with Crippen molar-refractivity contribution >= 4 is 21.8 Å². The second kappa shape index (κ2) is 13.7. The molecule has 3 fully saturated rings. The van der Waals surface area contributed by atoms with E-state index in [0.29, 0.717) is 25.9 Å². The number of nitro benzene ring substituents is 1. The molecule has 2 aromatic rings. The molecule has 2 aromatic carbocycles. The summed E-state index contributed by atoms with van der Waals surface area (Å²) in [5.41, 5.74) is 0.459. The average molecular weight is 620 g/mol. The molecule has 2 aliphatic heterocycles. The monoisotopic (exact) mass is 619 g/mol. The number of carbonyl (C=O) groups is 1. The van der Waals surface area contributed by atoms with Crippen molar-refractivity contribution in [3.05, 3.63) is 70.3 Å². The average Bonchev–Trinajstić information content (AvgIpc) is 3.62. The number of ether oxygens (including phenoxy) is 2. The van der Waals surface area contributed by atoms with Crippen LogP contribution in [0.2, 0.25) is 0 Å². The Labute approximate surface area is 249 Å². The Hall–Kier alpha value is -3.14. The van der Waals surface area contributed by atoms with Crippen LogP contribution in [-0.4, -0.2) is 77.9 Å². The molecule has 13 nitrogen and oxygen atoms in total. The number of hydrogen-bond acceptors (Lipinski definition) is 9. The molecule has 0 spiro atoms. The lowest BCUT2D eigenvalue weighted by Crippen LogP contribution is -2.60. The number of carboxylic acid groups (broad SMARTS) is 1. The Morgan fingerprint density at radius 3 is 2.42 bits per heavy atom. The SMILES string of the molecule is O=C(O)N[C@@H](Cc1ccccc1)[C@@H](O)C([C@@H]1CO[C@H]2OCC[C@H]21)N(OC1CCCCC1)S(=O)(=O)c1ccc([N+](=O)[O-])cc1. The van der Waals surface area contributed by atoms with Crippen molar-refractivity contribution < 1.29 is 42.7 Å². The van der Waals surface area contributed by atoms with Gasteiger partial charge in [-0.05, 0) is 43.4 Å². The maximum absolute atomic E-state index is 14.4. The van der Waals surface area contributed by atoms with Crippen molar-refractivity contribution in [3.8, 4) is 0 Å². The molecule has 0 radical (unpaired) electrons. The van der Waals surface area contributed by atoms with Gasteiger partial charge in [-0.15, -0.1) is 0 Å². The van der Waals surface area contributed by atoms with Gasteiger partial charge in [0.25, 0.3) is 15.7 Å². The van der Waals surface area contributed by atoms with Gasteiger partial charge in [-0.1, -0.05) is 54.1 Å². The first-order valence-corrected chi connectivity index (χ1v) is 16.0. The summed E-state index contributed by atoms with van der Waals surface area (Å²) >= 11 is 0. The summed E-state index contributed by atoms with van der Waals surface area (Å²) in [6.45, 7) is 0.455. The molecule has 6 atom stereocenters. The zero-order valence-corrected chi connectivity index (χ0v) is 24.4. The number of nitrogens with one attached hydrogen (secondary N) is 1. The summed E-state index contributed by atoms with van der Waals surface area (Å²) in [4.78, 5) is 28.6. The van der Waals surface area contributed by atoms with Crippen LogP contribution in [0.5, 0.6) is 0 Å². The van der Waals surface area contributed by atoms with E-state index in [0.717, 1.165) is 53.6 Å². The number of nitro groups is 1. The number of rotatable bonds is 12. The lowest BCUT2D eigenvalue weighted by atomic mass is 9.82. The topological polar surface area (TPSA) is 178 Å². The number of aliphatic hydroxyl groups is 1. The predicted molar refractivity (Wildman–Crippen MR) is 152 cm³/mol. The second-order valence-electron chi connectivity index (χ2n) is 11.3. The largest absolute Gasteiger partial charge is 0.465 e. The van der Waals surface area contributed by atoms with E-state index in [1.54, 1.807) is 24.3 Å². The molecule has 1 saturated carbocycles. The number of hydroxylamine groups is 1. The van der Waals surface area contributed by atoms with Gasteiger partial charge in [0.05, 0.1) is 47.3 Å². The molecule has 1 aliphatic carbocycles. The molecule has 0 aromatic heterocycles. The summed E-state index contributed by atoms with van der Waals surface area (Å²) in [7, 11) is -4.53. The lowest BCUT2D eigenvalue weighted by Gasteiger charge is -2.42. The summed E-state index contributed by atoms with van der Waals surface area (Å²) < 4.78 is 41.2. The van der Waals surface area contributed by atoms with Gasteiger partial charge in [-0.25, -0.2) is 13.2 Å². The van der Waals surface area contributed by atoms with Crippen LogP contribution in [0, 0.1) is 22.0 Å². The van der Waals surface area contributed by atoms with Gasteiger partial charge in [0.15, 0.2) is 6.29 Å². The molecule has 1 amide bonds. The van der Waals surface area contributed by atoms with Crippen LogP contribution in [-0.2, 0) is 30.8 Å². The Morgan fingerprint density at radius 1 is 1.07 bits per heavy atom. The smallest absolute Gasteiger partial charge is 0.404 e. The van der Waals surface area contributed by atoms with E-state index in [9.17, 15) is 33.5 Å². The molecular formula is C29H37N3O10S. The number of hydrogen-bond donors (Lipinski definition) is 3. The molecule has 2 heterocycles. The maximum Gasteiger partial charge on any atom is 0.404 e. The minimum absolute atomic E-state index is 0.0580. The number of nitrogens with zero attached hydrogens (tertiary/aromatic N) is 2. The molecule has 0 bridgehead atoms. The minimum atomic E-state index is -4.53. The summed E-state index contributed by atoms with van der Waals surface area (Å²) in [6, 6.07) is 11.1. The third kappa shape index (κ3) is 7.16. The van der Waals surface area contributed by atoms with E-state index in [4.69, 9.17) is 14.3 Å². The highest BCUT2D eigenvalue weighted by Crippen LogP contribution is 2.42. The Balaban J connectivity index is 1.59. The maximum atomic E-state index is 14.4. The molecule has 5 rings (SSSR count). The highest BCUT2D eigenvalue weighted by molar-refractivity contribution is 7.89. The van der Waals surface area contributed by atoms with Crippen molar-refractivity contribution in [2.24, 2.45) is 11.8 Å². The zero-order chi connectivity index (χ0) is 30.6. The number of non-ortho nitro benzene ring substituents is 1. The van der Waals surface area contributed by atoms with Gasteiger partial charge >= 0.3 is 6.09 Å². The first-order valence-electron chi connectivity index (χ1n) is 14.6. The van der Waals surface area contributed by atoms with Gasteiger partial charge in [0, 0.05) is 24.0 Å². The van der Waals surface area contributed by atoms with Gasteiger partial charge in [0.1, 0.15) is 0 Å². The van der Waals surface area contributed by atoms with Gasteiger partial charge < -0.3 is 25.0 Å². The molecular weight excluding hydrogens is 582 g/mol. The van der Waals surface area contributed by atoms with Crippen LogP contribution in [0.3, 0.4) is 0 Å². The van der Waals surface area contributed by atoms with Crippen molar-refractivity contribution in [3.63, 3.8) is 0 Å². The fourth-order valence-corrected chi connectivity index (χ4v) is 7.88. The van der Waals surface area contributed by atoms with E-state index >= 15 is 0 Å². The predicted octanol–water partition coefficient (Wildman–Crippen LogP) is 3.47. The molecule has 43 heavy (non-hydrogen) atoms. The Kier molecular flexibility index (Phi) is 9.94. The normalized spacial score (nSPS) is 24.7. The Morgan fingerprint density at radius 2 is 1.77 bits per heavy atom. The molecule has 3 N–H and O–H groups in total. The van der Waals surface area contributed by atoms with Gasteiger partial charge in [-0.2, -0.15) is 0 Å². The fraction of sp³-hybridized carbons (Fsp3) is 0.552. The minimum Gasteiger partial charge on any atom is -0.465 e. The van der Waals surface area contributed by atoms with Crippen LogP contribution < -0.4 is 5.32 Å². The molecule has 2 saturated heterocycles. The standard InChI is InChI=1S/C29H37N3O10S/c33-27(25(30-29(34)35)17-19-7-3-1-4-8-19)26(24-18-41-28-23(24)15-16-40-28)32(42-21-9-5-2-6-10-21)43(38,39)22-13-11-20(12-14-22)31(36)37/h1,3-4,7-8,11-14,21,23-28,30,33H,2,5-6,9-10,15-18H2,(H,34,35)/t23-,24+,25-,26?,27+,28+/m0/s1. The number of fused-ring (bicyclic) bond motifs is 1. The summed E-state index contributed by atoms with van der Waals surface area (Å²) in [5, 5.41) is 35.5. The zero-order valence-electron chi connectivity index (χ0n) is 23.6. The van der Waals surface area contributed by atoms with Crippen molar-refractivity contribution in [2.45, 2.75) is 80.4 Å². The van der Waals surface area contributed by atoms with E-state index in [1.807, 2.05) is 6.07 Å². The molecule has 1 unspecified atom stereocenters. The highest BCUT2D eigenvalue weighted by atomic mass is 32.2. The van der Waals surface area contributed by atoms with Crippen LogP contribution >= 0.6 is 0 Å². The van der Waals surface area contributed by atoms with Crippen LogP contribution in [0.15, 0.2) is 59.5 Å². The molecule has 14 heteroatoms. The van der Waals surface area contributed by atoms with Crippen LogP contribution in [0.25, 0.3) is 0 Å². The van der Waals surface area contributed by atoms with Crippen LogP contribution in [0.4, 0.5) is 10.5 Å². The fourth-order valence-electron chi connectivity index (χ4n) is 6.35. The van der Waals surface area contributed by atoms with Crippen molar-refractivity contribution in [1.29, 1.82) is 0 Å². The van der Waals surface area contributed by atoms with Crippen LogP contribution in [0.1, 0.15) is 44.1 Å². The third-order valence-electron chi connectivity index (χ3n) is 8.52. The number of benzene rings is 2. The molecule has 234 valence electrons. The van der Waals surface area contributed by atoms with Crippen molar-refractivity contribution in [2.75, 3.05) is 13.2 Å². The van der Waals surface area contributed by atoms with E-state index in [1.165, 1.54) is 0 Å². The van der Waals surface area contributed by atoms with Crippen molar-refractivity contribution in [1.82, 2.24) is 9.79 Å². The van der Waals surface area contributed by atoms with E-state index in [2.05, 4.69) is 5.32 Å². The van der Waals surface area contributed by atoms with Gasteiger partial charge in [0.2, 0.25) is 0 Å². The summed E-state index contributed by atoms with van der Waals surface area (Å²) in [6.07, 6.45) is 0.520. The number of sulfonamides is 1. The Bertz CT molecular complexity index is 1350. The highest BCUT2D eigenvalue weighted by Gasteiger charge is 2.53. The van der Waals surface area contributed by atoms with E-state index in [-0.39, 0.29) is 29.5 Å². The second-order valence-corrected chi connectivity index (χ2v) is 13.1. The quantitative estimate of drug-likeness (QED) is 0.235. The first kappa shape index (κ1) is 31.3. The van der Waals surface area contributed by atoms with Gasteiger partial charge in [-0.3, -0.25) is 15.0 Å². The lowest BCUT2D eigenvalue weighted by molar-refractivity contribution is -0.384. The number of amides is 1. The summed E-state index contributed by atoms with van der Waals surface area (Å²) in [5.74, 6) is -0.876. The number of aliphatic hydroxyl groups excluding tert-OH is 1.